The number of nitrogens with zero attached hydrogens (tertiary/aromatic N) is 4. The Morgan fingerprint density at radius 2 is 2.00 bits per heavy atom. The van der Waals surface area contributed by atoms with E-state index < -0.39 is 0 Å². The summed E-state index contributed by atoms with van der Waals surface area (Å²) in [5, 5.41) is 9.48. The highest BCUT2D eigenvalue weighted by Gasteiger charge is 2.30. The maximum Gasteiger partial charge on any atom is 0.266 e. The van der Waals surface area contributed by atoms with Gasteiger partial charge in [0.2, 0.25) is 17.5 Å². The molecule has 0 spiro atoms. The first kappa shape index (κ1) is 22.3. The van der Waals surface area contributed by atoms with E-state index in [1.807, 2.05) is 30.1 Å². The van der Waals surface area contributed by atoms with E-state index in [-0.39, 0.29) is 23.4 Å². The summed E-state index contributed by atoms with van der Waals surface area (Å²) in [7, 11) is 5.00. The molecular formula is C24H26N4O5. The molecule has 3 heterocycles. The predicted octanol–water partition coefficient (Wildman–Crippen LogP) is 3.70. The Morgan fingerprint density at radius 1 is 1.24 bits per heavy atom. The Kier molecular flexibility index (Phi) is 6.54. The number of carbonyl (C=O) groups excluding carboxylic acids is 1. The van der Waals surface area contributed by atoms with Gasteiger partial charge in [0.1, 0.15) is 6.07 Å². The number of oxazole rings is 1. The monoisotopic (exact) mass is 450 g/mol. The van der Waals surface area contributed by atoms with Gasteiger partial charge in [0.05, 0.1) is 20.5 Å². The second-order valence-corrected chi connectivity index (χ2v) is 7.91. The normalized spacial score (nSPS) is 14.1. The van der Waals surface area contributed by atoms with E-state index in [1.165, 1.54) is 6.26 Å². The van der Waals surface area contributed by atoms with E-state index in [2.05, 4.69) is 11.1 Å². The van der Waals surface area contributed by atoms with Crippen LogP contribution in [0.5, 0.6) is 11.5 Å². The van der Waals surface area contributed by atoms with Crippen LogP contribution in [-0.2, 0) is 11.3 Å². The maximum atomic E-state index is 13.1. The fraction of sp³-hybridized carbons (Fsp3) is 0.375. The number of methoxy groups -OCH3 is 2. The molecule has 2 aromatic heterocycles. The molecule has 1 aromatic carbocycles. The van der Waals surface area contributed by atoms with Crippen molar-refractivity contribution in [2.24, 2.45) is 5.92 Å². The predicted molar refractivity (Wildman–Crippen MR) is 120 cm³/mol. The SMILES string of the molecule is COc1ccc(CN(C)C(=O)C2CCN(c3oc(-c4ccco4)nc3C#N)CC2)cc1OC. The Bertz CT molecular complexity index is 1140. The van der Waals surface area contributed by atoms with Gasteiger partial charge in [-0.15, -0.1) is 0 Å². The quantitative estimate of drug-likeness (QED) is 0.537. The first-order valence-corrected chi connectivity index (χ1v) is 10.7. The van der Waals surface area contributed by atoms with Gasteiger partial charge in [-0.25, -0.2) is 0 Å². The van der Waals surface area contributed by atoms with Crippen LogP contribution in [0.4, 0.5) is 5.88 Å². The Morgan fingerprint density at radius 3 is 2.64 bits per heavy atom. The zero-order chi connectivity index (χ0) is 23.4. The van der Waals surface area contributed by atoms with E-state index in [0.29, 0.717) is 55.6 Å². The molecule has 0 atom stereocenters. The molecule has 33 heavy (non-hydrogen) atoms. The van der Waals surface area contributed by atoms with Gasteiger partial charge in [-0.1, -0.05) is 6.07 Å². The van der Waals surface area contributed by atoms with Crippen molar-refractivity contribution >= 4 is 11.8 Å². The third kappa shape index (κ3) is 4.65. The highest BCUT2D eigenvalue weighted by Crippen LogP contribution is 2.32. The fourth-order valence-corrected chi connectivity index (χ4v) is 4.08. The average molecular weight is 450 g/mol. The lowest BCUT2D eigenvalue weighted by atomic mass is 9.95. The number of anilines is 1. The fourth-order valence-electron chi connectivity index (χ4n) is 4.08. The molecule has 0 N–H and O–H groups in total. The molecule has 0 aliphatic carbocycles. The number of furan rings is 1. The minimum absolute atomic E-state index is 0.0932. The van der Waals surface area contributed by atoms with Crippen molar-refractivity contribution in [3.63, 3.8) is 0 Å². The molecule has 4 rings (SSSR count). The smallest absolute Gasteiger partial charge is 0.266 e. The van der Waals surface area contributed by atoms with Crippen LogP contribution >= 0.6 is 0 Å². The average Bonchev–Trinajstić information content (AvgIpc) is 3.53. The van der Waals surface area contributed by atoms with E-state index in [4.69, 9.17) is 18.3 Å². The number of hydrogen-bond acceptors (Lipinski definition) is 8. The summed E-state index contributed by atoms with van der Waals surface area (Å²) in [6, 6.07) is 11.2. The lowest BCUT2D eigenvalue weighted by Gasteiger charge is -2.33. The van der Waals surface area contributed by atoms with Gasteiger partial charge in [0.15, 0.2) is 17.3 Å². The highest BCUT2D eigenvalue weighted by atomic mass is 16.5. The molecule has 9 nitrogen and oxygen atoms in total. The second-order valence-electron chi connectivity index (χ2n) is 7.91. The number of amides is 1. The molecule has 0 saturated carbocycles. The zero-order valence-corrected chi connectivity index (χ0v) is 18.9. The van der Waals surface area contributed by atoms with Crippen LogP contribution in [0, 0.1) is 17.2 Å². The van der Waals surface area contributed by atoms with Crippen molar-refractivity contribution in [3.05, 3.63) is 47.9 Å². The largest absolute Gasteiger partial charge is 0.493 e. The van der Waals surface area contributed by atoms with Crippen molar-refractivity contribution in [1.29, 1.82) is 5.26 Å². The third-order valence-electron chi connectivity index (χ3n) is 5.82. The van der Waals surface area contributed by atoms with Crippen LogP contribution < -0.4 is 14.4 Å². The molecule has 9 heteroatoms. The number of hydrogen-bond donors (Lipinski definition) is 0. The van der Waals surface area contributed by atoms with Crippen LogP contribution in [0.1, 0.15) is 24.1 Å². The molecule has 0 unspecified atom stereocenters. The van der Waals surface area contributed by atoms with Gasteiger partial charge >= 0.3 is 0 Å². The van der Waals surface area contributed by atoms with Crippen LogP contribution in [0.15, 0.2) is 45.4 Å². The van der Waals surface area contributed by atoms with Gasteiger partial charge in [0.25, 0.3) is 5.89 Å². The van der Waals surface area contributed by atoms with E-state index >= 15 is 0 Å². The van der Waals surface area contributed by atoms with Gasteiger partial charge in [-0.05, 0) is 42.7 Å². The maximum absolute atomic E-state index is 13.1. The molecule has 1 saturated heterocycles. The topological polar surface area (TPSA) is 105 Å². The van der Waals surface area contributed by atoms with Crippen molar-refractivity contribution in [1.82, 2.24) is 9.88 Å². The van der Waals surface area contributed by atoms with Gasteiger partial charge in [-0.3, -0.25) is 4.79 Å². The van der Waals surface area contributed by atoms with E-state index in [9.17, 15) is 10.1 Å². The molecule has 1 aliphatic rings. The molecule has 172 valence electrons. The summed E-state index contributed by atoms with van der Waals surface area (Å²) >= 11 is 0. The van der Waals surface area contributed by atoms with Crippen molar-refractivity contribution in [2.75, 3.05) is 39.3 Å². The van der Waals surface area contributed by atoms with Gasteiger partial charge in [-0.2, -0.15) is 10.2 Å². The Labute approximate surface area is 192 Å². The molecule has 1 aliphatic heterocycles. The molecular weight excluding hydrogens is 424 g/mol. The Hall–Kier alpha value is -3.93. The first-order valence-electron chi connectivity index (χ1n) is 10.7. The summed E-state index contributed by atoms with van der Waals surface area (Å²) in [6.45, 7) is 1.68. The number of rotatable bonds is 7. The summed E-state index contributed by atoms with van der Waals surface area (Å²) in [5.74, 6) is 2.47. The molecule has 1 amide bonds. The standard InChI is InChI=1S/C24H26N4O5/c1-27(15-16-6-7-19(30-2)21(13-16)31-3)23(29)17-8-10-28(11-9-17)24-18(14-25)26-22(33-24)20-5-4-12-32-20/h4-7,12-13,17H,8-11,15H2,1-3H3. The lowest BCUT2D eigenvalue weighted by molar-refractivity contribution is -0.135. The molecule has 0 bridgehead atoms. The van der Waals surface area contributed by atoms with Crippen LogP contribution in [0.2, 0.25) is 0 Å². The summed E-state index contributed by atoms with van der Waals surface area (Å²) < 4.78 is 21.8. The van der Waals surface area contributed by atoms with Crippen molar-refractivity contribution in [3.8, 4) is 29.2 Å². The number of carbonyl (C=O) groups is 1. The zero-order valence-electron chi connectivity index (χ0n) is 18.9. The van der Waals surface area contributed by atoms with Gasteiger partial charge < -0.3 is 28.1 Å². The summed E-state index contributed by atoms with van der Waals surface area (Å²) in [5.41, 5.74) is 1.18. The number of nitriles is 1. The summed E-state index contributed by atoms with van der Waals surface area (Å²) in [4.78, 5) is 21.0. The van der Waals surface area contributed by atoms with Crippen LogP contribution in [0.3, 0.4) is 0 Å². The number of ether oxygens (including phenoxy) is 2. The van der Waals surface area contributed by atoms with Crippen LogP contribution in [-0.4, -0.2) is 50.1 Å². The Balaban J connectivity index is 1.38. The number of aromatic nitrogens is 1. The van der Waals surface area contributed by atoms with E-state index in [1.54, 1.807) is 31.3 Å². The highest BCUT2D eigenvalue weighted by molar-refractivity contribution is 5.79. The van der Waals surface area contributed by atoms with E-state index in [0.717, 1.165) is 5.56 Å². The number of benzene rings is 1. The molecule has 3 aromatic rings. The second kappa shape index (κ2) is 9.69. The minimum atomic E-state index is -0.0932. The van der Waals surface area contributed by atoms with Gasteiger partial charge in [0, 0.05) is 32.6 Å². The first-order chi connectivity index (χ1) is 16.0. The van der Waals surface area contributed by atoms with Crippen molar-refractivity contribution in [2.45, 2.75) is 19.4 Å². The van der Waals surface area contributed by atoms with Crippen LogP contribution in [0.25, 0.3) is 11.7 Å². The lowest BCUT2D eigenvalue weighted by Crippen LogP contribution is -2.41. The number of piperidine rings is 1. The van der Waals surface area contributed by atoms with Crippen molar-refractivity contribution < 1.29 is 23.1 Å². The molecule has 1 fully saturated rings. The third-order valence-corrected chi connectivity index (χ3v) is 5.82. The molecule has 0 radical (unpaired) electrons. The minimum Gasteiger partial charge on any atom is -0.493 e. The summed E-state index contributed by atoms with van der Waals surface area (Å²) in [6.07, 6.45) is 2.86.